The van der Waals surface area contributed by atoms with Gasteiger partial charge in [-0.2, -0.15) is 0 Å². The minimum Gasteiger partial charge on any atom is -0.495 e. The Morgan fingerprint density at radius 2 is 1.52 bits per heavy atom. The maximum atomic E-state index is 12.6. The lowest BCUT2D eigenvalue weighted by Gasteiger charge is -2.32. The summed E-state index contributed by atoms with van der Waals surface area (Å²) in [4.78, 5) is 27.0. The lowest BCUT2D eigenvalue weighted by molar-refractivity contribution is 0.0938. The van der Waals surface area contributed by atoms with E-state index in [-0.39, 0.29) is 11.9 Å². The van der Waals surface area contributed by atoms with E-state index in [0.717, 1.165) is 24.0 Å². The minimum atomic E-state index is -0.125. The molecule has 33 heavy (non-hydrogen) atoms. The standard InChI is InChI=1S/C27H29N3O3/c1-33-25-10-6-5-9-24(25)29-27(32)30-17-15-20(16-18-30)19-28-26(31)23-13-11-22(12-14-23)21-7-3-2-4-8-21/h2-14,20H,15-19H2,1H3,(H,28,31)(H,29,32). The van der Waals surface area contributed by atoms with Crippen LogP contribution in [0.4, 0.5) is 10.5 Å². The molecule has 1 fully saturated rings. The van der Waals surface area contributed by atoms with Crippen molar-refractivity contribution in [3.8, 4) is 16.9 Å². The number of rotatable bonds is 6. The number of nitrogens with zero attached hydrogens (tertiary/aromatic N) is 1. The van der Waals surface area contributed by atoms with Crippen LogP contribution in [0.3, 0.4) is 0 Å². The molecule has 6 heteroatoms. The van der Waals surface area contributed by atoms with Gasteiger partial charge in [-0.3, -0.25) is 4.79 Å². The van der Waals surface area contributed by atoms with E-state index in [1.54, 1.807) is 7.11 Å². The normalized spacial score (nSPS) is 13.9. The number of hydrogen-bond acceptors (Lipinski definition) is 3. The molecule has 0 atom stereocenters. The highest BCUT2D eigenvalue weighted by atomic mass is 16.5. The van der Waals surface area contributed by atoms with Crippen molar-refractivity contribution in [2.75, 3.05) is 32.1 Å². The van der Waals surface area contributed by atoms with Gasteiger partial charge < -0.3 is 20.3 Å². The van der Waals surface area contributed by atoms with Crippen molar-refractivity contribution >= 4 is 17.6 Å². The van der Waals surface area contributed by atoms with E-state index in [4.69, 9.17) is 4.74 Å². The molecule has 1 aliphatic rings. The number of para-hydroxylation sites is 2. The molecule has 0 radical (unpaired) electrons. The van der Waals surface area contributed by atoms with Crippen LogP contribution < -0.4 is 15.4 Å². The molecule has 0 spiro atoms. The first-order valence-electron chi connectivity index (χ1n) is 11.3. The van der Waals surface area contributed by atoms with Gasteiger partial charge >= 0.3 is 6.03 Å². The van der Waals surface area contributed by atoms with Crippen LogP contribution in [-0.4, -0.2) is 43.6 Å². The SMILES string of the molecule is COc1ccccc1NC(=O)N1CCC(CNC(=O)c2ccc(-c3ccccc3)cc2)CC1. The third kappa shape index (κ3) is 5.71. The van der Waals surface area contributed by atoms with Gasteiger partial charge in [0.05, 0.1) is 12.8 Å². The maximum absolute atomic E-state index is 12.6. The molecular formula is C27H29N3O3. The van der Waals surface area contributed by atoms with E-state index >= 15 is 0 Å². The van der Waals surface area contributed by atoms with Crippen molar-refractivity contribution in [3.05, 3.63) is 84.4 Å². The number of carbonyl (C=O) groups excluding carboxylic acids is 2. The predicted molar refractivity (Wildman–Crippen MR) is 131 cm³/mol. The number of anilines is 1. The first-order valence-corrected chi connectivity index (χ1v) is 11.3. The van der Waals surface area contributed by atoms with E-state index in [1.165, 1.54) is 0 Å². The first kappa shape index (κ1) is 22.4. The summed E-state index contributed by atoms with van der Waals surface area (Å²) in [6.07, 6.45) is 1.71. The highest BCUT2D eigenvalue weighted by molar-refractivity contribution is 5.94. The van der Waals surface area contributed by atoms with Crippen molar-refractivity contribution in [2.45, 2.75) is 12.8 Å². The number of ether oxygens (including phenoxy) is 1. The molecule has 3 aromatic rings. The Kier molecular flexibility index (Phi) is 7.25. The zero-order valence-corrected chi connectivity index (χ0v) is 18.8. The summed E-state index contributed by atoms with van der Waals surface area (Å²) in [5.41, 5.74) is 3.54. The first-order chi connectivity index (χ1) is 16.1. The van der Waals surface area contributed by atoms with E-state index in [2.05, 4.69) is 22.8 Å². The number of urea groups is 1. The fourth-order valence-electron chi connectivity index (χ4n) is 4.07. The summed E-state index contributed by atoms with van der Waals surface area (Å²) >= 11 is 0. The lowest BCUT2D eigenvalue weighted by Crippen LogP contribution is -2.43. The molecule has 3 amide bonds. The number of hydrogen-bond donors (Lipinski definition) is 2. The van der Waals surface area contributed by atoms with Gasteiger partial charge in [-0.05, 0) is 54.2 Å². The lowest BCUT2D eigenvalue weighted by atomic mass is 9.97. The van der Waals surface area contributed by atoms with Crippen molar-refractivity contribution in [3.63, 3.8) is 0 Å². The van der Waals surface area contributed by atoms with Crippen LogP contribution in [0.2, 0.25) is 0 Å². The second kappa shape index (κ2) is 10.7. The zero-order chi connectivity index (χ0) is 23.0. The smallest absolute Gasteiger partial charge is 0.321 e. The van der Waals surface area contributed by atoms with Crippen LogP contribution in [-0.2, 0) is 0 Å². The molecule has 1 saturated heterocycles. The van der Waals surface area contributed by atoms with Crippen LogP contribution >= 0.6 is 0 Å². The van der Waals surface area contributed by atoms with Crippen molar-refractivity contribution < 1.29 is 14.3 Å². The van der Waals surface area contributed by atoms with Gasteiger partial charge in [0.15, 0.2) is 0 Å². The highest BCUT2D eigenvalue weighted by Crippen LogP contribution is 2.25. The van der Waals surface area contributed by atoms with Gasteiger partial charge in [0.1, 0.15) is 5.75 Å². The molecular weight excluding hydrogens is 414 g/mol. The second-order valence-corrected chi connectivity index (χ2v) is 8.21. The number of amides is 3. The number of likely N-dealkylation sites (tertiary alicyclic amines) is 1. The molecule has 0 saturated carbocycles. The molecule has 0 unspecified atom stereocenters. The average Bonchev–Trinajstić information content (AvgIpc) is 2.88. The average molecular weight is 444 g/mol. The minimum absolute atomic E-state index is 0.0639. The molecule has 1 heterocycles. The van der Waals surface area contributed by atoms with Crippen LogP contribution in [0.15, 0.2) is 78.9 Å². The van der Waals surface area contributed by atoms with E-state index in [1.807, 2.05) is 71.6 Å². The molecule has 0 bridgehead atoms. The van der Waals surface area contributed by atoms with Crippen LogP contribution in [0.1, 0.15) is 23.2 Å². The number of methoxy groups -OCH3 is 1. The fraction of sp³-hybridized carbons (Fsp3) is 0.259. The summed E-state index contributed by atoms with van der Waals surface area (Å²) in [6.45, 7) is 1.93. The second-order valence-electron chi connectivity index (χ2n) is 8.21. The fourth-order valence-corrected chi connectivity index (χ4v) is 4.07. The summed E-state index contributed by atoms with van der Waals surface area (Å²) in [7, 11) is 1.59. The van der Waals surface area contributed by atoms with Crippen LogP contribution in [0.25, 0.3) is 11.1 Å². The third-order valence-electron chi connectivity index (χ3n) is 6.06. The summed E-state index contributed by atoms with van der Waals surface area (Å²) in [5.74, 6) is 0.930. The van der Waals surface area contributed by atoms with Gasteiger partial charge in [0, 0.05) is 25.2 Å². The summed E-state index contributed by atoms with van der Waals surface area (Å²) in [6, 6.07) is 25.0. The Labute approximate surface area is 194 Å². The Bertz CT molecular complexity index is 1080. The Hall–Kier alpha value is -3.80. The van der Waals surface area contributed by atoms with E-state index in [0.29, 0.717) is 42.6 Å². The Morgan fingerprint density at radius 3 is 2.21 bits per heavy atom. The molecule has 1 aliphatic heterocycles. The highest BCUT2D eigenvalue weighted by Gasteiger charge is 2.24. The van der Waals surface area contributed by atoms with Gasteiger partial charge in [-0.1, -0.05) is 54.6 Å². The van der Waals surface area contributed by atoms with E-state index < -0.39 is 0 Å². The van der Waals surface area contributed by atoms with Gasteiger partial charge in [0.2, 0.25) is 0 Å². The predicted octanol–water partition coefficient (Wildman–Crippen LogP) is 5.04. The van der Waals surface area contributed by atoms with Gasteiger partial charge in [-0.15, -0.1) is 0 Å². The van der Waals surface area contributed by atoms with Crippen LogP contribution in [0, 0.1) is 5.92 Å². The Balaban J connectivity index is 1.23. The molecule has 2 N–H and O–H groups in total. The number of carbonyl (C=O) groups is 2. The Morgan fingerprint density at radius 1 is 0.879 bits per heavy atom. The third-order valence-corrected chi connectivity index (χ3v) is 6.06. The number of nitrogens with one attached hydrogen (secondary N) is 2. The summed E-state index contributed by atoms with van der Waals surface area (Å²) < 4.78 is 5.30. The molecule has 6 nitrogen and oxygen atoms in total. The van der Waals surface area contributed by atoms with Crippen molar-refractivity contribution in [2.24, 2.45) is 5.92 Å². The molecule has 3 aromatic carbocycles. The number of benzene rings is 3. The zero-order valence-electron chi connectivity index (χ0n) is 18.8. The number of piperidine rings is 1. The molecule has 0 aromatic heterocycles. The largest absolute Gasteiger partial charge is 0.495 e. The molecule has 4 rings (SSSR count). The monoisotopic (exact) mass is 443 g/mol. The summed E-state index contributed by atoms with van der Waals surface area (Å²) in [5, 5.41) is 5.98. The van der Waals surface area contributed by atoms with Crippen molar-refractivity contribution in [1.29, 1.82) is 0 Å². The maximum Gasteiger partial charge on any atom is 0.321 e. The van der Waals surface area contributed by atoms with Crippen molar-refractivity contribution in [1.82, 2.24) is 10.2 Å². The quantitative estimate of drug-likeness (QED) is 0.561. The topological polar surface area (TPSA) is 70.7 Å². The van der Waals surface area contributed by atoms with Crippen LogP contribution in [0.5, 0.6) is 5.75 Å². The van der Waals surface area contributed by atoms with Gasteiger partial charge in [-0.25, -0.2) is 4.79 Å². The molecule has 0 aliphatic carbocycles. The molecule has 170 valence electrons. The van der Waals surface area contributed by atoms with Gasteiger partial charge in [0.25, 0.3) is 5.91 Å². The van der Waals surface area contributed by atoms with E-state index in [9.17, 15) is 9.59 Å².